The van der Waals surface area contributed by atoms with E-state index in [1.54, 1.807) is 19.4 Å². The molecular weight excluding hydrogens is 284 g/mol. The number of carbonyl (C=O) groups is 1. The number of nitrogens with zero attached hydrogens (tertiary/aromatic N) is 1. The summed E-state index contributed by atoms with van der Waals surface area (Å²) in [5.41, 5.74) is 0.306. The molecule has 3 rings (SSSR count). The van der Waals surface area contributed by atoms with Gasteiger partial charge in [-0.25, -0.2) is 4.98 Å². The molecule has 2 fully saturated rings. The fraction of sp³-hybridized carbons (Fsp3) is 0.625. The van der Waals surface area contributed by atoms with Gasteiger partial charge in [-0.1, -0.05) is 6.07 Å². The minimum Gasteiger partial charge on any atom is -0.481 e. The molecule has 0 unspecified atom stereocenters. The van der Waals surface area contributed by atoms with Crippen LogP contribution in [-0.4, -0.2) is 40.9 Å². The second-order valence-corrected chi connectivity index (χ2v) is 6.41. The van der Waals surface area contributed by atoms with Gasteiger partial charge in [0.1, 0.15) is 0 Å². The first kappa shape index (κ1) is 15.2. The highest BCUT2D eigenvalue weighted by Crippen LogP contribution is 2.46. The van der Waals surface area contributed by atoms with Crippen LogP contribution in [0.1, 0.15) is 37.3 Å². The Kier molecular flexibility index (Phi) is 4.06. The van der Waals surface area contributed by atoms with Crippen molar-refractivity contribution >= 4 is 5.91 Å². The molecule has 2 aliphatic rings. The van der Waals surface area contributed by atoms with Crippen LogP contribution in [0.15, 0.2) is 18.3 Å². The van der Waals surface area contributed by atoms with Crippen molar-refractivity contribution in [2.45, 2.75) is 37.8 Å². The number of aliphatic hydroxyl groups excluding tert-OH is 2. The second-order valence-electron chi connectivity index (χ2n) is 6.41. The highest BCUT2D eigenvalue weighted by atomic mass is 16.5. The molecule has 0 aromatic carbocycles. The number of nitrogens with one attached hydrogen (secondary N) is 1. The topological polar surface area (TPSA) is 91.7 Å². The Bertz CT molecular complexity index is 536. The molecule has 0 aliphatic heterocycles. The van der Waals surface area contributed by atoms with E-state index in [0.29, 0.717) is 18.7 Å². The SMILES string of the molecule is COc1ccc([C@@H](NC(=O)C2(CO)CC2)C2CC(O)C2)cn1. The summed E-state index contributed by atoms with van der Waals surface area (Å²) < 4.78 is 5.06. The van der Waals surface area contributed by atoms with Gasteiger partial charge in [0, 0.05) is 12.3 Å². The molecule has 2 saturated carbocycles. The molecule has 6 heteroatoms. The first-order valence-corrected chi connectivity index (χ1v) is 7.68. The molecule has 3 N–H and O–H groups in total. The highest BCUT2D eigenvalue weighted by Gasteiger charge is 2.50. The van der Waals surface area contributed by atoms with Gasteiger partial charge in [-0.3, -0.25) is 4.79 Å². The summed E-state index contributed by atoms with van der Waals surface area (Å²) in [6.45, 7) is -0.111. The van der Waals surface area contributed by atoms with Gasteiger partial charge in [0.2, 0.25) is 11.8 Å². The monoisotopic (exact) mass is 306 g/mol. The third kappa shape index (κ3) is 2.80. The van der Waals surface area contributed by atoms with E-state index in [9.17, 15) is 15.0 Å². The van der Waals surface area contributed by atoms with E-state index < -0.39 is 5.41 Å². The second kappa shape index (κ2) is 5.85. The van der Waals surface area contributed by atoms with Crippen LogP contribution in [0.25, 0.3) is 0 Å². The molecule has 1 aromatic rings. The lowest BCUT2D eigenvalue weighted by Gasteiger charge is -2.38. The minimum absolute atomic E-state index is 0.0998. The first-order chi connectivity index (χ1) is 10.6. The standard InChI is InChI=1S/C16H22N2O4/c1-22-13-3-2-10(8-17-13)14(11-6-12(20)7-11)18-15(21)16(9-19)4-5-16/h2-3,8,11-12,14,19-20H,4-7,9H2,1H3,(H,18,21)/t11?,12?,14-/m1/s1. The van der Waals surface area contributed by atoms with Crippen LogP contribution in [0.4, 0.5) is 0 Å². The maximum atomic E-state index is 12.4. The molecule has 6 nitrogen and oxygen atoms in total. The summed E-state index contributed by atoms with van der Waals surface area (Å²) in [6.07, 6.45) is 4.22. The number of aromatic nitrogens is 1. The van der Waals surface area contributed by atoms with E-state index in [2.05, 4.69) is 10.3 Å². The molecule has 120 valence electrons. The van der Waals surface area contributed by atoms with Gasteiger partial charge in [0.05, 0.1) is 31.3 Å². The van der Waals surface area contributed by atoms with Crippen molar-refractivity contribution in [2.75, 3.05) is 13.7 Å². The molecule has 1 aromatic heterocycles. The van der Waals surface area contributed by atoms with Crippen LogP contribution in [0.3, 0.4) is 0 Å². The predicted octanol–water partition coefficient (Wildman–Crippen LogP) is 0.791. The van der Waals surface area contributed by atoms with Gasteiger partial charge in [-0.05, 0) is 37.2 Å². The summed E-state index contributed by atoms with van der Waals surface area (Å²) in [6, 6.07) is 3.47. The zero-order chi connectivity index (χ0) is 15.7. The number of aliphatic hydroxyl groups is 2. The Morgan fingerprint density at radius 1 is 1.50 bits per heavy atom. The van der Waals surface area contributed by atoms with Gasteiger partial charge >= 0.3 is 0 Å². The van der Waals surface area contributed by atoms with Crippen molar-refractivity contribution in [3.05, 3.63) is 23.9 Å². The Labute approximate surface area is 129 Å². The Hall–Kier alpha value is -1.66. The van der Waals surface area contributed by atoms with Crippen LogP contribution in [0.5, 0.6) is 5.88 Å². The number of methoxy groups -OCH3 is 1. The van der Waals surface area contributed by atoms with Crippen LogP contribution < -0.4 is 10.1 Å². The third-order valence-corrected chi connectivity index (χ3v) is 4.87. The van der Waals surface area contributed by atoms with Crippen LogP contribution in [0.2, 0.25) is 0 Å². The van der Waals surface area contributed by atoms with Crippen LogP contribution in [0, 0.1) is 11.3 Å². The number of carbonyl (C=O) groups excluding carboxylic acids is 1. The van der Waals surface area contributed by atoms with E-state index in [0.717, 1.165) is 18.4 Å². The molecule has 1 atom stereocenters. The zero-order valence-electron chi connectivity index (χ0n) is 12.7. The molecule has 22 heavy (non-hydrogen) atoms. The first-order valence-electron chi connectivity index (χ1n) is 7.68. The summed E-state index contributed by atoms with van der Waals surface area (Å²) in [5, 5.41) is 22.0. The summed E-state index contributed by atoms with van der Waals surface area (Å²) >= 11 is 0. The Balaban J connectivity index is 1.76. The summed E-state index contributed by atoms with van der Waals surface area (Å²) in [4.78, 5) is 16.6. The number of pyridine rings is 1. The molecule has 1 heterocycles. The van der Waals surface area contributed by atoms with Gasteiger partial charge < -0.3 is 20.3 Å². The quantitative estimate of drug-likeness (QED) is 0.723. The summed E-state index contributed by atoms with van der Waals surface area (Å²) in [5.74, 6) is 0.623. The van der Waals surface area contributed by atoms with Crippen molar-refractivity contribution in [2.24, 2.45) is 11.3 Å². The average Bonchev–Trinajstić information content (AvgIpc) is 3.31. The largest absolute Gasteiger partial charge is 0.481 e. The molecule has 0 spiro atoms. The normalized spacial score (nSPS) is 26.7. The minimum atomic E-state index is -0.597. The zero-order valence-corrected chi connectivity index (χ0v) is 12.7. The Morgan fingerprint density at radius 2 is 2.23 bits per heavy atom. The van der Waals surface area contributed by atoms with Crippen molar-refractivity contribution in [1.82, 2.24) is 10.3 Å². The van der Waals surface area contributed by atoms with Crippen molar-refractivity contribution < 1.29 is 19.7 Å². The lowest BCUT2D eigenvalue weighted by molar-refractivity contribution is -0.129. The van der Waals surface area contributed by atoms with Gasteiger partial charge in [-0.2, -0.15) is 0 Å². The lowest BCUT2D eigenvalue weighted by Crippen LogP contribution is -2.44. The number of amides is 1. The molecule has 1 amide bonds. The van der Waals surface area contributed by atoms with E-state index in [1.165, 1.54) is 0 Å². The molecule has 0 radical (unpaired) electrons. The summed E-state index contributed by atoms with van der Waals surface area (Å²) in [7, 11) is 1.56. The molecular formula is C16H22N2O4. The highest BCUT2D eigenvalue weighted by molar-refractivity contribution is 5.85. The fourth-order valence-electron chi connectivity index (χ4n) is 2.97. The van der Waals surface area contributed by atoms with Crippen molar-refractivity contribution in [3.63, 3.8) is 0 Å². The van der Waals surface area contributed by atoms with Crippen LogP contribution >= 0.6 is 0 Å². The smallest absolute Gasteiger partial charge is 0.229 e. The molecule has 0 bridgehead atoms. The average molecular weight is 306 g/mol. The maximum Gasteiger partial charge on any atom is 0.229 e. The van der Waals surface area contributed by atoms with Gasteiger partial charge in [0.25, 0.3) is 0 Å². The molecule has 0 saturated heterocycles. The number of ether oxygens (including phenoxy) is 1. The van der Waals surface area contributed by atoms with E-state index in [4.69, 9.17) is 4.74 Å². The van der Waals surface area contributed by atoms with Crippen molar-refractivity contribution in [1.29, 1.82) is 0 Å². The number of hydrogen-bond acceptors (Lipinski definition) is 5. The maximum absolute atomic E-state index is 12.4. The third-order valence-electron chi connectivity index (χ3n) is 4.87. The number of hydrogen-bond donors (Lipinski definition) is 3. The van der Waals surface area contributed by atoms with Crippen LogP contribution in [-0.2, 0) is 4.79 Å². The fourth-order valence-corrected chi connectivity index (χ4v) is 2.97. The van der Waals surface area contributed by atoms with E-state index in [1.807, 2.05) is 6.07 Å². The van der Waals surface area contributed by atoms with Gasteiger partial charge in [-0.15, -0.1) is 0 Å². The lowest BCUT2D eigenvalue weighted by atomic mass is 9.75. The van der Waals surface area contributed by atoms with E-state index in [-0.39, 0.29) is 30.6 Å². The number of rotatable bonds is 6. The van der Waals surface area contributed by atoms with E-state index >= 15 is 0 Å². The van der Waals surface area contributed by atoms with Crippen molar-refractivity contribution in [3.8, 4) is 5.88 Å². The predicted molar refractivity (Wildman–Crippen MR) is 79.2 cm³/mol. The Morgan fingerprint density at radius 3 is 2.68 bits per heavy atom. The molecule has 2 aliphatic carbocycles. The van der Waals surface area contributed by atoms with Gasteiger partial charge in [0.15, 0.2) is 0 Å².